The molecule has 1 aromatic heterocycles. The van der Waals surface area contributed by atoms with E-state index in [-0.39, 0.29) is 23.3 Å². The van der Waals surface area contributed by atoms with E-state index in [9.17, 15) is 23.1 Å². The smallest absolute Gasteiger partial charge is 0.393 e. The van der Waals surface area contributed by atoms with Crippen molar-refractivity contribution in [1.29, 1.82) is 0 Å². The van der Waals surface area contributed by atoms with E-state index in [1.165, 1.54) is 12.1 Å². The lowest BCUT2D eigenvalue weighted by molar-refractivity contribution is -0.137. The fourth-order valence-electron chi connectivity index (χ4n) is 3.15. The van der Waals surface area contributed by atoms with E-state index in [0.29, 0.717) is 12.4 Å². The Kier molecular flexibility index (Phi) is 5.65. The number of pyridine rings is 1. The minimum absolute atomic E-state index is 0.109. The summed E-state index contributed by atoms with van der Waals surface area (Å²) in [7, 11) is 0. The highest BCUT2D eigenvalue weighted by atomic mass is 19.4. The molecular formula is C19H20F3N3O2. The number of aromatic nitrogens is 1. The summed E-state index contributed by atoms with van der Waals surface area (Å²) in [6.45, 7) is 0.499. The molecule has 144 valence electrons. The number of carbonyl (C=O) groups excluding carboxylic acids is 1. The van der Waals surface area contributed by atoms with Gasteiger partial charge in [0, 0.05) is 24.3 Å². The molecule has 1 saturated carbocycles. The third-order valence-corrected chi connectivity index (χ3v) is 4.67. The van der Waals surface area contributed by atoms with Gasteiger partial charge in [-0.25, -0.2) is 4.98 Å². The van der Waals surface area contributed by atoms with Gasteiger partial charge in [0.25, 0.3) is 5.91 Å². The zero-order valence-corrected chi connectivity index (χ0v) is 14.5. The van der Waals surface area contributed by atoms with E-state index in [1.807, 2.05) is 0 Å². The van der Waals surface area contributed by atoms with Gasteiger partial charge in [0.1, 0.15) is 5.82 Å². The lowest BCUT2D eigenvalue weighted by atomic mass is 10.1. The zero-order chi connectivity index (χ0) is 19.4. The Bertz CT molecular complexity index is 794. The Morgan fingerprint density at radius 1 is 1.19 bits per heavy atom. The average Bonchev–Trinajstić information content (AvgIpc) is 3.05. The van der Waals surface area contributed by atoms with Crippen molar-refractivity contribution in [2.75, 3.05) is 17.2 Å². The first-order chi connectivity index (χ1) is 12.8. The van der Waals surface area contributed by atoms with Crippen LogP contribution in [0.15, 0.2) is 42.6 Å². The van der Waals surface area contributed by atoms with Gasteiger partial charge in [-0.05, 0) is 49.2 Å². The summed E-state index contributed by atoms with van der Waals surface area (Å²) in [6, 6.07) is 7.44. The zero-order valence-electron chi connectivity index (χ0n) is 14.5. The largest absolute Gasteiger partial charge is 0.416 e. The number of nitrogens with zero attached hydrogens (tertiary/aromatic N) is 1. The molecule has 1 aromatic carbocycles. The summed E-state index contributed by atoms with van der Waals surface area (Å²) in [5.41, 5.74) is -0.238. The topological polar surface area (TPSA) is 74.2 Å². The van der Waals surface area contributed by atoms with Crippen LogP contribution in [0.25, 0.3) is 0 Å². The van der Waals surface area contributed by atoms with Gasteiger partial charge in [-0.3, -0.25) is 4.79 Å². The first-order valence-electron chi connectivity index (χ1n) is 8.70. The van der Waals surface area contributed by atoms with Gasteiger partial charge >= 0.3 is 6.18 Å². The van der Waals surface area contributed by atoms with Crippen molar-refractivity contribution in [2.45, 2.75) is 31.5 Å². The van der Waals surface area contributed by atoms with Crippen molar-refractivity contribution >= 4 is 17.4 Å². The fraction of sp³-hybridized carbons (Fsp3) is 0.368. The molecule has 2 aromatic rings. The maximum absolute atomic E-state index is 12.6. The summed E-state index contributed by atoms with van der Waals surface area (Å²) in [5, 5.41) is 15.6. The molecule has 1 aliphatic carbocycles. The van der Waals surface area contributed by atoms with Crippen LogP contribution in [0.4, 0.5) is 24.7 Å². The number of benzene rings is 1. The third kappa shape index (κ3) is 4.77. The van der Waals surface area contributed by atoms with Crippen LogP contribution in [0, 0.1) is 5.92 Å². The van der Waals surface area contributed by atoms with Gasteiger partial charge in [0.05, 0.1) is 17.2 Å². The van der Waals surface area contributed by atoms with E-state index in [4.69, 9.17) is 0 Å². The number of rotatable bonds is 5. The standard InChI is InChI=1S/C19H20F3N3O2/c20-19(21,22)13-6-8-14(9-7-13)25-18(27)15-4-2-10-23-17(15)24-11-12-3-1-5-16(12)26/h2,4,6-10,12,16,26H,1,3,5,11H2,(H,23,24)(H,25,27)/t12-,16?/m0/s1. The molecule has 1 amide bonds. The summed E-state index contributed by atoms with van der Waals surface area (Å²) in [5.74, 6) is 0.0103. The molecule has 3 N–H and O–H groups in total. The average molecular weight is 379 g/mol. The summed E-state index contributed by atoms with van der Waals surface area (Å²) < 4.78 is 37.9. The predicted molar refractivity (Wildman–Crippen MR) is 95.5 cm³/mol. The van der Waals surface area contributed by atoms with E-state index in [0.717, 1.165) is 31.4 Å². The van der Waals surface area contributed by atoms with Crippen LogP contribution in [-0.4, -0.2) is 28.6 Å². The van der Waals surface area contributed by atoms with Crippen molar-refractivity contribution < 1.29 is 23.1 Å². The highest BCUT2D eigenvalue weighted by molar-refractivity contribution is 6.07. The number of amides is 1. The number of aliphatic hydroxyl groups is 1. The normalized spacial score (nSPS) is 19.7. The number of carbonyl (C=O) groups is 1. The van der Waals surface area contributed by atoms with Crippen LogP contribution in [0.5, 0.6) is 0 Å². The van der Waals surface area contributed by atoms with Crippen LogP contribution < -0.4 is 10.6 Å². The molecule has 1 aliphatic rings. The van der Waals surface area contributed by atoms with Crippen molar-refractivity contribution in [2.24, 2.45) is 5.92 Å². The van der Waals surface area contributed by atoms with Gasteiger partial charge < -0.3 is 15.7 Å². The minimum Gasteiger partial charge on any atom is -0.393 e. The first-order valence-corrected chi connectivity index (χ1v) is 8.70. The molecule has 0 spiro atoms. The van der Waals surface area contributed by atoms with E-state index in [2.05, 4.69) is 15.6 Å². The van der Waals surface area contributed by atoms with Gasteiger partial charge in [0.2, 0.25) is 0 Å². The lowest BCUT2D eigenvalue weighted by Crippen LogP contribution is -2.24. The number of hydrogen-bond acceptors (Lipinski definition) is 4. The Hall–Kier alpha value is -2.61. The molecule has 0 saturated heterocycles. The Morgan fingerprint density at radius 3 is 2.56 bits per heavy atom. The summed E-state index contributed by atoms with van der Waals surface area (Å²) in [6.07, 6.45) is -0.581. The molecule has 3 rings (SSSR count). The molecule has 1 unspecified atom stereocenters. The SMILES string of the molecule is O=C(Nc1ccc(C(F)(F)F)cc1)c1cccnc1NC[C@@H]1CCCC1O. The number of halogens is 3. The maximum atomic E-state index is 12.6. The van der Waals surface area contributed by atoms with E-state index < -0.39 is 17.6 Å². The van der Waals surface area contributed by atoms with Gasteiger partial charge in [0.15, 0.2) is 0 Å². The molecule has 8 heteroatoms. The molecule has 1 heterocycles. The third-order valence-electron chi connectivity index (χ3n) is 4.67. The maximum Gasteiger partial charge on any atom is 0.416 e. The Balaban J connectivity index is 1.67. The summed E-state index contributed by atoms with van der Waals surface area (Å²) in [4.78, 5) is 16.7. The molecule has 1 fully saturated rings. The second-order valence-electron chi connectivity index (χ2n) is 6.57. The van der Waals surface area contributed by atoms with Crippen LogP contribution in [0.1, 0.15) is 35.2 Å². The highest BCUT2D eigenvalue weighted by Gasteiger charge is 2.30. The van der Waals surface area contributed by atoms with Crippen LogP contribution in [-0.2, 0) is 6.18 Å². The van der Waals surface area contributed by atoms with Gasteiger partial charge in [-0.2, -0.15) is 13.2 Å². The first kappa shape index (κ1) is 19.2. The second kappa shape index (κ2) is 7.96. The highest BCUT2D eigenvalue weighted by Crippen LogP contribution is 2.30. The fourth-order valence-corrected chi connectivity index (χ4v) is 3.15. The lowest BCUT2D eigenvalue weighted by Gasteiger charge is -2.17. The number of aliphatic hydroxyl groups excluding tert-OH is 1. The quantitative estimate of drug-likeness (QED) is 0.736. The monoisotopic (exact) mass is 379 g/mol. The minimum atomic E-state index is -4.42. The van der Waals surface area contributed by atoms with Crippen LogP contribution in [0.3, 0.4) is 0 Å². The summed E-state index contributed by atoms with van der Waals surface area (Å²) >= 11 is 0. The van der Waals surface area contributed by atoms with Crippen molar-refractivity contribution in [3.8, 4) is 0 Å². The van der Waals surface area contributed by atoms with Crippen molar-refractivity contribution in [3.05, 3.63) is 53.7 Å². The second-order valence-corrected chi connectivity index (χ2v) is 6.57. The number of anilines is 2. The van der Waals surface area contributed by atoms with Gasteiger partial charge in [-0.1, -0.05) is 6.42 Å². The predicted octanol–water partition coefficient (Wildman–Crippen LogP) is 3.93. The van der Waals surface area contributed by atoms with E-state index in [1.54, 1.807) is 18.3 Å². The van der Waals surface area contributed by atoms with Crippen LogP contribution >= 0.6 is 0 Å². The molecule has 0 bridgehead atoms. The van der Waals surface area contributed by atoms with Gasteiger partial charge in [-0.15, -0.1) is 0 Å². The molecular weight excluding hydrogens is 359 g/mol. The molecule has 0 radical (unpaired) electrons. The molecule has 2 atom stereocenters. The Labute approximate surface area is 154 Å². The Morgan fingerprint density at radius 2 is 1.93 bits per heavy atom. The van der Waals surface area contributed by atoms with Crippen LogP contribution in [0.2, 0.25) is 0 Å². The molecule has 0 aliphatic heterocycles. The number of nitrogens with one attached hydrogen (secondary N) is 2. The number of hydrogen-bond donors (Lipinski definition) is 3. The van der Waals surface area contributed by atoms with E-state index >= 15 is 0 Å². The molecule has 27 heavy (non-hydrogen) atoms. The number of alkyl halides is 3. The molecule has 5 nitrogen and oxygen atoms in total. The van der Waals surface area contributed by atoms with Crippen molar-refractivity contribution in [1.82, 2.24) is 4.98 Å². The van der Waals surface area contributed by atoms with Crippen molar-refractivity contribution in [3.63, 3.8) is 0 Å².